The molecular weight excluding hydrogens is 249 g/mol. The third kappa shape index (κ3) is 2.17. The number of benzene rings is 1. The SMILES string of the molecule is CCCC1CC2(C1)CC(c1cc(F)c(F)c(F)c1)C2. The van der Waals surface area contributed by atoms with Gasteiger partial charge in [-0.1, -0.05) is 19.8 Å². The van der Waals surface area contributed by atoms with Crippen molar-refractivity contribution in [3.8, 4) is 0 Å². The molecule has 0 unspecified atom stereocenters. The third-order valence-corrected chi connectivity index (χ3v) is 4.98. The lowest BCUT2D eigenvalue weighted by Crippen LogP contribution is -2.46. The molecule has 0 nitrogen and oxygen atoms in total. The highest BCUT2D eigenvalue weighted by atomic mass is 19.2. The van der Waals surface area contributed by atoms with E-state index in [0.29, 0.717) is 11.0 Å². The monoisotopic (exact) mass is 268 g/mol. The predicted molar refractivity (Wildman–Crippen MR) is 68.4 cm³/mol. The van der Waals surface area contributed by atoms with Gasteiger partial charge in [-0.25, -0.2) is 13.2 Å². The van der Waals surface area contributed by atoms with Crippen LogP contribution < -0.4 is 0 Å². The largest absolute Gasteiger partial charge is 0.204 e. The van der Waals surface area contributed by atoms with Crippen molar-refractivity contribution in [1.82, 2.24) is 0 Å². The molecule has 3 heteroatoms. The topological polar surface area (TPSA) is 0 Å². The van der Waals surface area contributed by atoms with Crippen molar-refractivity contribution in [2.75, 3.05) is 0 Å². The molecule has 19 heavy (non-hydrogen) atoms. The molecular formula is C16H19F3. The molecule has 2 aliphatic carbocycles. The van der Waals surface area contributed by atoms with E-state index >= 15 is 0 Å². The van der Waals surface area contributed by atoms with Crippen LogP contribution in [0.4, 0.5) is 13.2 Å². The quantitative estimate of drug-likeness (QED) is 0.663. The van der Waals surface area contributed by atoms with Gasteiger partial charge in [0.05, 0.1) is 0 Å². The second-order valence-corrected chi connectivity index (χ2v) is 6.47. The molecule has 0 aromatic heterocycles. The fourth-order valence-corrected chi connectivity index (χ4v) is 4.14. The highest BCUT2D eigenvalue weighted by Gasteiger charge is 2.52. The minimum absolute atomic E-state index is 0.215. The average Bonchev–Trinajstić information content (AvgIpc) is 2.26. The number of hydrogen-bond acceptors (Lipinski definition) is 0. The zero-order valence-corrected chi connectivity index (χ0v) is 11.2. The highest BCUT2D eigenvalue weighted by molar-refractivity contribution is 5.27. The number of hydrogen-bond donors (Lipinski definition) is 0. The fraction of sp³-hybridized carbons (Fsp3) is 0.625. The molecule has 2 saturated carbocycles. The molecule has 0 radical (unpaired) electrons. The summed E-state index contributed by atoms with van der Waals surface area (Å²) in [5.74, 6) is -2.41. The van der Waals surface area contributed by atoms with Gasteiger partial charge in [-0.15, -0.1) is 0 Å². The fourth-order valence-electron chi connectivity index (χ4n) is 4.14. The molecule has 2 fully saturated rings. The van der Waals surface area contributed by atoms with E-state index in [2.05, 4.69) is 6.92 Å². The van der Waals surface area contributed by atoms with E-state index in [1.54, 1.807) is 0 Å². The molecule has 2 aliphatic rings. The van der Waals surface area contributed by atoms with Crippen molar-refractivity contribution >= 4 is 0 Å². The van der Waals surface area contributed by atoms with Gasteiger partial charge in [-0.2, -0.15) is 0 Å². The minimum atomic E-state index is -1.36. The Morgan fingerprint density at radius 3 is 2.16 bits per heavy atom. The maximum atomic E-state index is 13.2. The Kier molecular flexibility index (Phi) is 3.11. The Balaban J connectivity index is 1.63. The minimum Gasteiger partial charge on any atom is -0.204 e. The second-order valence-electron chi connectivity index (χ2n) is 6.47. The standard InChI is InChI=1S/C16H19F3/c1-2-3-10-6-16(7-10)8-12(9-16)11-4-13(17)15(19)14(18)5-11/h4-5,10,12H,2-3,6-9H2,1H3. The molecule has 3 rings (SSSR count). The first-order valence-corrected chi connectivity index (χ1v) is 7.17. The van der Waals surface area contributed by atoms with Gasteiger partial charge in [0.15, 0.2) is 17.5 Å². The summed E-state index contributed by atoms with van der Waals surface area (Å²) in [5.41, 5.74) is 1.06. The Hall–Kier alpha value is -0.990. The van der Waals surface area contributed by atoms with E-state index in [1.165, 1.54) is 25.7 Å². The van der Waals surface area contributed by atoms with Crippen molar-refractivity contribution < 1.29 is 13.2 Å². The molecule has 0 atom stereocenters. The van der Waals surface area contributed by atoms with E-state index in [9.17, 15) is 13.2 Å². The Bertz CT molecular complexity index is 458. The van der Waals surface area contributed by atoms with Crippen LogP contribution in [0.15, 0.2) is 12.1 Å². The van der Waals surface area contributed by atoms with Crippen LogP contribution in [0.2, 0.25) is 0 Å². The lowest BCUT2D eigenvalue weighted by Gasteiger charge is -2.58. The first kappa shape index (κ1) is 13.0. The summed E-state index contributed by atoms with van der Waals surface area (Å²) in [5, 5.41) is 0. The van der Waals surface area contributed by atoms with E-state index in [0.717, 1.165) is 30.9 Å². The first-order chi connectivity index (χ1) is 9.03. The van der Waals surface area contributed by atoms with Gasteiger partial charge in [0.25, 0.3) is 0 Å². The molecule has 0 aliphatic heterocycles. The molecule has 1 spiro atoms. The summed E-state index contributed by atoms with van der Waals surface area (Å²) < 4.78 is 39.3. The van der Waals surface area contributed by atoms with Gasteiger partial charge in [0.1, 0.15) is 0 Å². The smallest absolute Gasteiger partial charge is 0.194 e. The Morgan fingerprint density at radius 2 is 1.63 bits per heavy atom. The maximum Gasteiger partial charge on any atom is 0.194 e. The summed E-state index contributed by atoms with van der Waals surface area (Å²) >= 11 is 0. The predicted octanol–water partition coefficient (Wildman–Crippen LogP) is 5.18. The molecule has 0 bridgehead atoms. The van der Waals surface area contributed by atoms with Crippen LogP contribution in [0.5, 0.6) is 0 Å². The average molecular weight is 268 g/mol. The second kappa shape index (κ2) is 4.53. The van der Waals surface area contributed by atoms with Crippen molar-refractivity contribution in [3.05, 3.63) is 35.1 Å². The number of rotatable bonds is 3. The zero-order chi connectivity index (χ0) is 13.6. The van der Waals surface area contributed by atoms with Crippen molar-refractivity contribution in [1.29, 1.82) is 0 Å². The van der Waals surface area contributed by atoms with Crippen LogP contribution in [-0.2, 0) is 0 Å². The van der Waals surface area contributed by atoms with Gasteiger partial charge >= 0.3 is 0 Å². The summed E-state index contributed by atoms with van der Waals surface area (Å²) in [6, 6.07) is 2.33. The van der Waals surface area contributed by atoms with Gasteiger partial charge in [0, 0.05) is 0 Å². The molecule has 0 saturated heterocycles. The van der Waals surface area contributed by atoms with Gasteiger partial charge in [-0.05, 0) is 60.6 Å². The van der Waals surface area contributed by atoms with Gasteiger partial charge < -0.3 is 0 Å². The Labute approximate surface area is 112 Å². The summed E-state index contributed by atoms with van der Waals surface area (Å²) in [6.45, 7) is 2.21. The van der Waals surface area contributed by atoms with Crippen LogP contribution in [0, 0.1) is 28.8 Å². The summed E-state index contributed by atoms with van der Waals surface area (Å²) in [7, 11) is 0. The summed E-state index contributed by atoms with van der Waals surface area (Å²) in [6.07, 6.45) is 7.09. The maximum absolute atomic E-state index is 13.2. The van der Waals surface area contributed by atoms with Crippen molar-refractivity contribution in [3.63, 3.8) is 0 Å². The zero-order valence-electron chi connectivity index (χ0n) is 11.2. The first-order valence-electron chi connectivity index (χ1n) is 7.17. The van der Waals surface area contributed by atoms with Crippen molar-refractivity contribution in [2.45, 2.75) is 51.4 Å². The van der Waals surface area contributed by atoms with Crippen LogP contribution in [0.1, 0.15) is 56.9 Å². The van der Waals surface area contributed by atoms with Crippen LogP contribution in [0.25, 0.3) is 0 Å². The van der Waals surface area contributed by atoms with E-state index < -0.39 is 17.5 Å². The molecule has 0 N–H and O–H groups in total. The van der Waals surface area contributed by atoms with E-state index in [4.69, 9.17) is 0 Å². The molecule has 104 valence electrons. The van der Waals surface area contributed by atoms with Gasteiger partial charge in [0.2, 0.25) is 0 Å². The molecule has 0 amide bonds. The molecule has 1 aromatic carbocycles. The summed E-state index contributed by atoms with van der Waals surface area (Å²) in [4.78, 5) is 0. The lowest BCUT2D eigenvalue weighted by atomic mass is 9.47. The molecule has 0 heterocycles. The molecule has 1 aromatic rings. The Morgan fingerprint density at radius 1 is 1.05 bits per heavy atom. The van der Waals surface area contributed by atoms with Crippen molar-refractivity contribution in [2.24, 2.45) is 11.3 Å². The normalized spacial score (nSPS) is 33.1. The van der Waals surface area contributed by atoms with Crippen LogP contribution in [0.3, 0.4) is 0 Å². The highest BCUT2D eigenvalue weighted by Crippen LogP contribution is 2.64. The van der Waals surface area contributed by atoms with Crippen LogP contribution >= 0.6 is 0 Å². The lowest BCUT2D eigenvalue weighted by molar-refractivity contribution is -0.0447. The van der Waals surface area contributed by atoms with E-state index in [-0.39, 0.29) is 5.92 Å². The van der Waals surface area contributed by atoms with Gasteiger partial charge in [-0.3, -0.25) is 0 Å². The van der Waals surface area contributed by atoms with E-state index in [1.807, 2.05) is 0 Å². The third-order valence-electron chi connectivity index (χ3n) is 4.98. The number of halogens is 3. The van der Waals surface area contributed by atoms with Crippen LogP contribution in [-0.4, -0.2) is 0 Å².